The van der Waals surface area contributed by atoms with Crippen LogP contribution in [0.15, 0.2) is 53.4 Å². The van der Waals surface area contributed by atoms with Crippen LogP contribution < -0.4 is 4.74 Å². The van der Waals surface area contributed by atoms with E-state index in [1.165, 1.54) is 4.90 Å². The number of ether oxygens (including phenoxy) is 1. The first-order valence-corrected chi connectivity index (χ1v) is 12.7. The number of rotatable bonds is 3. The number of nitrogens with zero attached hydrogens (tertiary/aromatic N) is 2. The van der Waals surface area contributed by atoms with Crippen LogP contribution in [0.25, 0.3) is 22.2 Å². The van der Waals surface area contributed by atoms with Crippen molar-refractivity contribution in [3.8, 4) is 16.9 Å². The van der Waals surface area contributed by atoms with Gasteiger partial charge in [0.05, 0.1) is 23.1 Å². The number of hydrogen-bond donors (Lipinski definition) is 1. The van der Waals surface area contributed by atoms with Gasteiger partial charge in [0.1, 0.15) is 23.1 Å². The molecule has 0 unspecified atom stereocenters. The molecule has 0 atom stereocenters. The number of amides is 1. The van der Waals surface area contributed by atoms with Gasteiger partial charge in [0.15, 0.2) is 21.5 Å². The zero-order valence-electron chi connectivity index (χ0n) is 18.9. The van der Waals surface area contributed by atoms with Gasteiger partial charge in [0.25, 0.3) is 5.91 Å². The minimum absolute atomic E-state index is 0.113. The third kappa shape index (κ3) is 4.25. The smallest absolute Gasteiger partial charge is 0.257 e. The number of halogens is 2. The molecular formula is C25H21F2N3O4S. The Morgan fingerprint density at radius 3 is 2.57 bits per heavy atom. The number of imidazole rings is 1. The van der Waals surface area contributed by atoms with Crippen LogP contribution in [0, 0.1) is 18.6 Å². The molecule has 35 heavy (non-hydrogen) atoms. The van der Waals surface area contributed by atoms with Gasteiger partial charge in [0.2, 0.25) is 0 Å². The average molecular weight is 498 g/mol. The fourth-order valence-electron chi connectivity index (χ4n) is 4.22. The quantitative estimate of drug-likeness (QED) is 0.457. The van der Waals surface area contributed by atoms with Gasteiger partial charge in [0, 0.05) is 18.4 Å². The van der Waals surface area contributed by atoms with Crippen molar-refractivity contribution in [2.75, 3.05) is 19.4 Å². The lowest BCUT2D eigenvalue weighted by Gasteiger charge is -2.21. The SMILES string of the molecule is Cc1nc2ccc(-c3ccc4c(c3)CN(C(=O)c3ccc(S(C)(=O)=O)c(F)c3F)CCO4)cc2[nH]1. The summed E-state index contributed by atoms with van der Waals surface area (Å²) in [5.41, 5.74) is 3.77. The minimum Gasteiger partial charge on any atom is -0.491 e. The van der Waals surface area contributed by atoms with E-state index < -0.39 is 37.8 Å². The molecule has 1 aliphatic heterocycles. The van der Waals surface area contributed by atoms with Gasteiger partial charge in [-0.1, -0.05) is 12.1 Å². The maximum Gasteiger partial charge on any atom is 0.257 e. The molecule has 2 heterocycles. The summed E-state index contributed by atoms with van der Waals surface area (Å²) in [6.07, 6.45) is 0.776. The number of aromatic nitrogens is 2. The van der Waals surface area contributed by atoms with Crippen LogP contribution in [0.3, 0.4) is 0 Å². The lowest BCUT2D eigenvalue weighted by atomic mass is 10.0. The monoisotopic (exact) mass is 497 g/mol. The molecule has 0 radical (unpaired) electrons. The molecule has 0 spiro atoms. The van der Waals surface area contributed by atoms with Gasteiger partial charge in [-0.2, -0.15) is 0 Å². The van der Waals surface area contributed by atoms with Crippen LogP contribution in [0.2, 0.25) is 0 Å². The third-order valence-electron chi connectivity index (χ3n) is 5.94. The van der Waals surface area contributed by atoms with Crippen molar-refractivity contribution < 1.29 is 26.7 Å². The number of hydrogen-bond acceptors (Lipinski definition) is 5. The summed E-state index contributed by atoms with van der Waals surface area (Å²) in [5, 5.41) is 0. The van der Waals surface area contributed by atoms with Crippen molar-refractivity contribution in [3.05, 3.63) is 77.1 Å². The van der Waals surface area contributed by atoms with E-state index in [1.54, 1.807) is 0 Å². The van der Waals surface area contributed by atoms with E-state index in [9.17, 15) is 22.0 Å². The lowest BCUT2D eigenvalue weighted by Crippen LogP contribution is -2.33. The minimum atomic E-state index is -3.98. The number of H-pyrrole nitrogens is 1. The predicted molar refractivity (Wildman–Crippen MR) is 126 cm³/mol. The summed E-state index contributed by atoms with van der Waals surface area (Å²) in [6, 6.07) is 13.4. The van der Waals surface area contributed by atoms with E-state index in [-0.39, 0.29) is 19.7 Å². The molecule has 1 aliphatic rings. The first kappa shape index (κ1) is 23.0. The highest BCUT2D eigenvalue weighted by Gasteiger charge is 2.28. The first-order chi connectivity index (χ1) is 16.6. The van der Waals surface area contributed by atoms with Crippen LogP contribution in [-0.2, 0) is 16.4 Å². The van der Waals surface area contributed by atoms with Gasteiger partial charge in [-0.05, 0) is 54.4 Å². The van der Waals surface area contributed by atoms with E-state index in [4.69, 9.17) is 4.74 Å². The number of sulfone groups is 1. The highest BCUT2D eigenvalue weighted by Crippen LogP contribution is 2.31. The molecule has 1 N–H and O–H groups in total. The molecule has 0 saturated carbocycles. The number of nitrogens with one attached hydrogen (secondary N) is 1. The maximum absolute atomic E-state index is 14.7. The second-order valence-corrected chi connectivity index (χ2v) is 10.4. The zero-order chi connectivity index (χ0) is 24.9. The number of carbonyl (C=O) groups excluding carboxylic acids is 1. The average Bonchev–Trinajstić information content (AvgIpc) is 3.04. The van der Waals surface area contributed by atoms with Crippen molar-refractivity contribution in [3.63, 3.8) is 0 Å². The van der Waals surface area contributed by atoms with Crippen molar-refractivity contribution in [1.29, 1.82) is 0 Å². The van der Waals surface area contributed by atoms with Crippen LogP contribution in [0.4, 0.5) is 8.78 Å². The summed E-state index contributed by atoms with van der Waals surface area (Å²) in [5.74, 6) is -2.38. The molecule has 10 heteroatoms. The molecule has 1 aromatic heterocycles. The van der Waals surface area contributed by atoms with Gasteiger partial charge in [-0.15, -0.1) is 0 Å². The van der Waals surface area contributed by atoms with Gasteiger partial charge in [-0.3, -0.25) is 4.79 Å². The summed E-state index contributed by atoms with van der Waals surface area (Å²) < 4.78 is 58.2. The highest BCUT2D eigenvalue weighted by atomic mass is 32.2. The fourth-order valence-corrected chi connectivity index (χ4v) is 4.95. The molecule has 3 aromatic carbocycles. The Hall–Kier alpha value is -3.79. The predicted octanol–water partition coefficient (Wildman–Crippen LogP) is 4.25. The summed E-state index contributed by atoms with van der Waals surface area (Å²) in [4.78, 5) is 21.3. The number of benzene rings is 3. The molecular weight excluding hydrogens is 476 g/mol. The van der Waals surface area contributed by atoms with E-state index >= 15 is 0 Å². The Bertz CT molecular complexity index is 1600. The largest absolute Gasteiger partial charge is 0.491 e. The molecule has 4 aromatic rings. The Balaban J connectivity index is 1.47. The molecule has 0 bridgehead atoms. The number of carbonyl (C=O) groups is 1. The van der Waals surface area contributed by atoms with Gasteiger partial charge >= 0.3 is 0 Å². The molecule has 0 aliphatic carbocycles. The molecule has 0 saturated heterocycles. The summed E-state index contributed by atoms with van der Waals surface area (Å²) in [7, 11) is -3.98. The third-order valence-corrected chi connectivity index (χ3v) is 7.05. The van der Waals surface area contributed by atoms with Gasteiger partial charge in [-0.25, -0.2) is 22.2 Å². The zero-order valence-corrected chi connectivity index (χ0v) is 19.7. The van der Waals surface area contributed by atoms with E-state index in [1.807, 2.05) is 43.3 Å². The Morgan fingerprint density at radius 2 is 1.80 bits per heavy atom. The summed E-state index contributed by atoms with van der Waals surface area (Å²) in [6.45, 7) is 2.32. The molecule has 5 rings (SSSR count). The first-order valence-electron chi connectivity index (χ1n) is 10.8. The van der Waals surface area contributed by atoms with Crippen molar-refractivity contribution >= 4 is 26.8 Å². The van der Waals surface area contributed by atoms with Crippen LogP contribution in [0.5, 0.6) is 5.75 Å². The molecule has 1 amide bonds. The van der Waals surface area contributed by atoms with Crippen molar-refractivity contribution in [1.82, 2.24) is 14.9 Å². The Kier molecular flexibility index (Phi) is 5.55. The Morgan fingerprint density at radius 1 is 1.06 bits per heavy atom. The van der Waals surface area contributed by atoms with Crippen molar-refractivity contribution in [2.45, 2.75) is 18.4 Å². The second kappa shape index (κ2) is 8.46. The molecule has 0 fully saturated rings. The number of aromatic amines is 1. The molecule has 7 nitrogen and oxygen atoms in total. The highest BCUT2D eigenvalue weighted by molar-refractivity contribution is 7.90. The number of aryl methyl sites for hydroxylation is 1. The van der Waals surface area contributed by atoms with Crippen LogP contribution in [0.1, 0.15) is 21.7 Å². The van der Waals surface area contributed by atoms with Crippen molar-refractivity contribution in [2.24, 2.45) is 0 Å². The normalized spacial score (nSPS) is 13.9. The van der Waals surface area contributed by atoms with E-state index in [0.29, 0.717) is 11.3 Å². The van der Waals surface area contributed by atoms with Crippen LogP contribution in [-0.4, -0.2) is 48.6 Å². The molecule has 180 valence electrons. The number of fused-ring (bicyclic) bond motifs is 2. The second-order valence-electron chi connectivity index (χ2n) is 8.46. The van der Waals surface area contributed by atoms with E-state index in [2.05, 4.69) is 9.97 Å². The lowest BCUT2D eigenvalue weighted by molar-refractivity contribution is 0.0727. The summed E-state index contributed by atoms with van der Waals surface area (Å²) >= 11 is 0. The topological polar surface area (TPSA) is 92.4 Å². The van der Waals surface area contributed by atoms with Crippen LogP contribution >= 0.6 is 0 Å². The Labute approximate surface area is 200 Å². The maximum atomic E-state index is 14.7. The standard InChI is InChI=1S/C25H21F2N3O4S/c1-14-28-19-6-3-16(12-20(19)29-14)15-4-7-21-17(11-15)13-30(9-10-34-21)25(31)18-5-8-22(35(2,32)33)24(27)23(18)26/h3-8,11-12H,9-10,13H2,1-2H3,(H,28,29). The van der Waals surface area contributed by atoms with E-state index in [0.717, 1.165) is 46.4 Å². The fraction of sp³-hybridized carbons (Fsp3) is 0.200. The van der Waals surface area contributed by atoms with Gasteiger partial charge < -0.3 is 14.6 Å².